The van der Waals surface area contributed by atoms with Gasteiger partial charge >= 0.3 is 6.18 Å². The second-order valence-electron chi connectivity index (χ2n) is 3.93. The van der Waals surface area contributed by atoms with Gasteiger partial charge in [0.15, 0.2) is 0 Å². The minimum atomic E-state index is -4.57. The summed E-state index contributed by atoms with van der Waals surface area (Å²) in [5, 5.41) is 0. The Kier molecular flexibility index (Phi) is 3.38. The Morgan fingerprint density at radius 3 is 2.32 bits per heavy atom. The summed E-state index contributed by atoms with van der Waals surface area (Å²) in [7, 11) is 0. The second kappa shape index (κ2) is 4.84. The van der Waals surface area contributed by atoms with Crippen molar-refractivity contribution in [3.63, 3.8) is 0 Å². The average Bonchev–Trinajstić information content (AvgIpc) is 2.37. The van der Waals surface area contributed by atoms with Gasteiger partial charge in [0.05, 0.1) is 5.56 Å². The third kappa shape index (κ3) is 2.81. The SMILES string of the molecule is O=Cc1ccc(C(F)(F)F)c(-c2cccc(F)c2)c1. The Hall–Kier alpha value is -2.17. The topological polar surface area (TPSA) is 17.1 Å². The minimum absolute atomic E-state index is 0.0797. The van der Waals surface area contributed by atoms with Gasteiger partial charge in [-0.1, -0.05) is 18.2 Å². The predicted molar refractivity (Wildman–Crippen MR) is 62.2 cm³/mol. The quantitative estimate of drug-likeness (QED) is 0.585. The number of rotatable bonds is 2. The van der Waals surface area contributed by atoms with E-state index in [1.807, 2.05) is 0 Å². The molecule has 98 valence electrons. The highest BCUT2D eigenvalue weighted by atomic mass is 19.4. The van der Waals surface area contributed by atoms with Crippen LogP contribution in [0.4, 0.5) is 17.6 Å². The molecule has 0 aliphatic heterocycles. The Morgan fingerprint density at radius 2 is 1.74 bits per heavy atom. The van der Waals surface area contributed by atoms with Gasteiger partial charge in [0.25, 0.3) is 0 Å². The van der Waals surface area contributed by atoms with Gasteiger partial charge in [-0.3, -0.25) is 4.79 Å². The molecule has 0 fully saturated rings. The molecular weight excluding hydrogens is 260 g/mol. The zero-order valence-corrected chi connectivity index (χ0v) is 9.54. The van der Waals surface area contributed by atoms with Gasteiger partial charge in [-0.25, -0.2) is 4.39 Å². The Balaban J connectivity index is 2.68. The van der Waals surface area contributed by atoms with E-state index in [2.05, 4.69) is 0 Å². The third-order valence-electron chi connectivity index (χ3n) is 2.62. The molecule has 0 bridgehead atoms. The molecule has 2 rings (SSSR count). The molecule has 0 atom stereocenters. The molecule has 0 heterocycles. The molecule has 2 aromatic carbocycles. The summed E-state index contributed by atoms with van der Waals surface area (Å²) in [6, 6.07) is 7.83. The first kappa shape index (κ1) is 13.3. The molecule has 0 aromatic heterocycles. The van der Waals surface area contributed by atoms with Crippen molar-refractivity contribution in [3.8, 4) is 11.1 Å². The maximum Gasteiger partial charge on any atom is 0.417 e. The summed E-state index contributed by atoms with van der Waals surface area (Å²) in [5.74, 6) is -0.637. The van der Waals surface area contributed by atoms with Crippen LogP contribution in [-0.4, -0.2) is 6.29 Å². The van der Waals surface area contributed by atoms with Gasteiger partial charge in [0.2, 0.25) is 0 Å². The Labute approximate surface area is 106 Å². The average molecular weight is 268 g/mol. The van der Waals surface area contributed by atoms with Crippen LogP contribution >= 0.6 is 0 Å². The lowest BCUT2D eigenvalue weighted by Gasteiger charge is -2.13. The number of hydrogen-bond acceptors (Lipinski definition) is 1. The third-order valence-corrected chi connectivity index (χ3v) is 2.62. The largest absolute Gasteiger partial charge is 0.417 e. The number of aldehydes is 1. The van der Waals surface area contributed by atoms with Crippen molar-refractivity contribution >= 4 is 6.29 Å². The van der Waals surface area contributed by atoms with Crippen LogP contribution in [-0.2, 0) is 6.18 Å². The molecule has 0 unspecified atom stereocenters. The van der Waals surface area contributed by atoms with Crippen molar-refractivity contribution in [2.75, 3.05) is 0 Å². The van der Waals surface area contributed by atoms with Crippen molar-refractivity contribution in [2.45, 2.75) is 6.18 Å². The summed E-state index contributed by atoms with van der Waals surface area (Å²) in [4.78, 5) is 10.7. The Bertz CT molecular complexity index is 617. The van der Waals surface area contributed by atoms with Crippen molar-refractivity contribution in [3.05, 3.63) is 59.4 Å². The number of carbonyl (C=O) groups excluding carboxylic acids is 1. The highest BCUT2D eigenvalue weighted by Gasteiger charge is 2.33. The van der Waals surface area contributed by atoms with Crippen molar-refractivity contribution < 1.29 is 22.4 Å². The van der Waals surface area contributed by atoms with Gasteiger partial charge in [0.1, 0.15) is 12.1 Å². The van der Waals surface area contributed by atoms with Crippen LogP contribution in [0.5, 0.6) is 0 Å². The molecule has 0 spiro atoms. The first-order valence-electron chi connectivity index (χ1n) is 5.34. The van der Waals surface area contributed by atoms with Crippen molar-refractivity contribution in [1.29, 1.82) is 0 Å². The van der Waals surface area contributed by atoms with Crippen molar-refractivity contribution in [1.82, 2.24) is 0 Å². The lowest BCUT2D eigenvalue weighted by atomic mass is 9.97. The minimum Gasteiger partial charge on any atom is -0.298 e. The maximum absolute atomic E-state index is 13.1. The molecule has 0 radical (unpaired) electrons. The molecule has 1 nitrogen and oxygen atoms in total. The fourth-order valence-electron chi connectivity index (χ4n) is 1.78. The lowest BCUT2D eigenvalue weighted by Crippen LogP contribution is -2.07. The number of carbonyl (C=O) groups is 1. The molecule has 2 aromatic rings. The predicted octanol–water partition coefficient (Wildman–Crippen LogP) is 4.32. The van der Waals surface area contributed by atoms with Crippen LogP contribution in [0.15, 0.2) is 42.5 Å². The van der Waals surface area contributed by atoms with Crippen LogP contribution in [0.25, 0.3) is 11.1 Å². The van der Waals surface area contributed by atoms with Crippen molar-refractivity contribution in [2.24, 2.45) is 0 Å². The standard InChI is InChI=1S/C14H8F4O/c15-11-3-1-2-10(7-11)12-6-9(8-19)4-5-13(12)14(16,17)18/h1-8H. The molecule has 5 heteroatoms. The first-order chi connectivity index (χ1) is 8.91. The lowest BCUT2D eigenvalue weighted by molar-refractivity contribution is -0.137. The molecule has 0 amide bonds. The van der Waals surface area contributed by atoms with E-state index in [4.69, 9.17) is 0 Å². The van der Waals surface area contributed by atoms with E-state index in [0.717, 1.165) is 30.3 Å². The van der Waals surface area contributed by atoms with E-state index < -0.39 is 17.6 Å². The molecular formula is C14H8F4O. The summed E-state index contributed by atoms with van der Waals surface area (Å²) < 4.78 is 51.8. The number of hydrogen-bond donors (Lipinski definition) is 0. The number of alkyl halides is 3. The van der Waals surface area contributed by atoms with E-state index in [1.165, 1.54) is 12.1 Å². The summed E-state index contributed by atoms with van der Waals surface area (Å²) in [6.45, 7) is 0. The molecule has 19 heavy (non-hydrogen) atoms. The fraction of sp³-hybridized carbons (Fsp3) is 0.0714. The van der Waals surface area contributed by atoms with Crippen LogP contribution in [0.3, 0.4) is 0 Å². The highest BCUT2D eigenvalue weighted by molar-refractivity contribution is 5.80. The molecule has 0 saturated heterocycles. The summed E-state index contributed by atoms with van der Waals surface area (Å²) in [5.41, 5.74) is -0.927. The van der Waals surface area contributed by atoms with E-state index in [1.54, 1.807) is 0 Å². The second-order valence-corrected chi connectivity index (χ2v) is 3.93. The van der Waals surface area contributed by atoms with Gasteiger partial charge in [-0.2, -0.15) is 13.2 Å². The van der Waals surface area contributed by atoms with E-state index in [-0.39, 0.29) is 16.7 Å². The molecule has 0 aliphatic rings. The summed E-state index contributed by atoms with van der Waals surface area (Å²) >= 11 is 0. The Morgan fingerprint density at radius 1 is 1.00 bits per heavy atom. The van der Waals surface area contributed by atoms with Crippen LogP contribution < -0.4 is 0 Å². The van der Waals surface area contributed by atoms with Crippen LogP contribution in [0, 0.1) is 5.82 Å². The number of benzene rings is 2. The smallest absolute Gasteiger partial charge is 0.298 e. The highest BCUT2D eigenvalue weighted by Crippen LogP contribution is 2.37. The van der Waals surface area contributed by atoms with E-state index in [9.17, 15) is 22.4 Å². The maximum atomic E-state index is 13.1. The van der Waals surface area contributed by atoms with E-state index >= 15 is 0 Å². The first-order valence-corrected chi connectivity index (χ1v) is 5.34. The van der Waals surface area contributed by atoms with Crippen LogP contribution in [0.2, 0.25) is 0 Å². The zero-order valence-electron chi connectivity index (χ0n) is 9.54. The monoisotopic (exact) mass is 268 g/mol. The van der Waals surface area contributed by atoms with Gasteiger partial charge < -0.3 is 0 Å². The fourth-order valence-corrected chi connectivity index (χ4v) is 1.78. The van der Waals surface area contributed by atoms with Crippen LogP contribution in [0.1, 0.15) is 15.9 Å². The summed E-state index contributed by atoms with van der Waals surface area (Å²) in [6.07, 6.45) is -4.12. The molecule has 0 saturated carbocycles. The van der Waals surface area contributed by atoms with Gasteiger partial charge in [0, 0.05) is 5.56 Å². The normalized spacial score (nSPS) is 11.4. The van der Waals surface area contributed by atoms with E-state index in [0.29, 0.717) is 6.29 Å². The van der Waals surface area contributed by atoms with Gasteiger partial charge in [-0.15, -0.1) is 0 Å². The molecule has 0 N–H and O–H groups in total. The number of halogens is 4. The molecule has 0 aliphatic carbocycles. The van der Waals surface area contributed by atoms with Gasteiger partial charge in [-0.05, 0) is 35.4 Å². The zero-order chi connectivity index (χ0) is 14.0.